The summed E-state index contributed by atoms with van der Waals surface area (Å²) in [7, 11) is 0. The van der Waals surface area contributed by atoms with E-state index in [1.54, 1.807) is 12.1 Å². The first-order valence-corrected chi connectivity index (χ1v) is 11.6. The zero-order valence-electron chi connectivity index (χ0n) is 19.7. The highest BCUT2D eigenvalue weighted by molar-refractivity contribution is 5.97. The lowest BCUT2D eigenvalue weighted by Gasteiger charge is -2.34. The Morgan fingerprint density at radius 2 is 1.89 bits per heavy atom. The number of rotatable bonds is 8. The van der Waals surface area contributed by atoms with E-state index < -0.39 is 17.6 Å². The van der Waals surface area contributed by atoms with Gasteiger partial charge in [-0.25, -0.2) is 15.4 Å². The lowest BCUT2D eigenvalue weighted by Crippen LogP contribution is -2.41. The summed E-state index contributed by atoms with van der Waals surface area (Å²) in [5, 5.41) is 0.964. The van der Waals surface area contributed by atoms with Crippen molar-refractivity contribution in [2.45, 2.75) is 32.5 Å². The summed E-state index contributed by atoms with van der Waals surface area (Å²) in [6.45, 7) is 3.61. The van der Waals surface area contributed by atoms with E-state index in [1.165, 1.54) is 0 Å². The van der Waals surface area contributed by atoms with Crippen LogP contribution >= 0.6 is 0 Å². The number of carbonyl (C=O) groups is 2. The first-order chi connectivity index (χ1) is 17.1. The van der Waals surface area contributed by atoms with Crippen LogP contribution in [0.5, 0.6) is 0 Å². The highest BCUT2D eigenvalue weighted by Gasteiger charge is 2.32. The Morgan fingerprint density at radius 1 is 1.19 bits per heavy atom. The Labute approximate surface area is 205 Å². The van der Waals surface area contributed by atoms with Gasteiger partial charge in [-0.3, -0.25) is 14.4 Å². The second kappa shape index (κ2) is 10.5. The molecule has 1 fully saturated rings. The average molecular weight is 505 g/mol. The zero-order chi connectivity index (χ0) is 25.9. The molecule has 1 unspecified atom stereocenters. The normalized spacial score (nSPS) is 15.7. The van der Waals surface area contributed by atoms with Crippen molar-refractivity contribution in [1.29, 1.82) is 0 Å². The van der Waals surface area contributed by atoms with E-state index in [2.05, 4.69) is 15.4 Å². The Morgan fingerprint density at radius 3 is 2.53 bits per heavy atom. The standard InChI is InChI=1S/C24H27F3N6O3/c1-15(16-4-8-33(9-5-16)23-29-13-19(14-30-23)24(25,26)27)22(35)31-36-11-10-32-7-6-17-2-3-18(21(28)34)12-20(17)32/h2-3,6-7,12-16H,4-5,8-11H2,1H3,(H2,28,34)(H,31,35). The minimum absolute atomic E-state index is 0.0971. The van der Waals surface area contributed by atoms with Crippen LogP contribution in [0.25, 0.3) is 10.9 Å². The molecule has 1 aliphatic heterocycles. The van der Waals surface area contributed by atoms with E-state index >= 15 is 0 Å². The van der Waals surface area contributed by atoms with Crippen molar-refractivity contribution in [3.8, 4) is 0 Å². The van der Waals surface area contributed by atoms with Gasteiger partial charge in [-0.05, 0) is 42.3 Å². The van der Waals surface area contributed by atoms with Crippen molar-refractivity contribution in [1.82, 2.24) is 20.0 Å². The Kier molecular flexibility index (Phi) is 7.43. The van der Waals surface area contributed by atoms with Gasteiger partial charge in [0, 0.05) is 55.2 Å². The average Bonchev–Trinajstić information content (AvgIpc) is 3.28. The molecule has 192 valence electrons. The summed E-state index contributed by atoms with van der Waals surface area (Å²) in [6.07, 6.45) is 0.328. The predicted molar refractivity (Wildman–Crippen MR) is 126 cm³/mol. The minimum Gasteiger partial charge on any atom is -0.366 e. The lowest BCUT2D eigenvalue weighted by molar-refractivity contribution is -0.139. The molecule has 36 heavy (non-hydrogen) atoms. The molecule has 1 atom stereocenters. The molecule has 1 saturated heterocycles. The van der Waals surface area contributed by atoms with E-state index in [9.17, 15) is 22.8 Å². The van der Waals surface area contributed by atoms with Crippen LogP contribution in [-0.4, -0.2) is 46.0 Å². The van der Waals surface area contributed by atoms with Crippen molar-refractivity contribution >= 4 is 28.7 Å². The van der Waals surface area contributed by atoms with Crippen molar-refractivity contribution in [3.63, 3.8) is 0 Å². The zero-order valence-corrected chi connectivity index (χ0v) is 19.7. The molecule has 9 nitrogen and oxygen atoms in total. The summed E-state index contributed by atoms with van der Waals surface area (Å²) in [5.74, 6) is -0.680. The molecule has 0 bridgehead atoms. The number of nitrogens with one attached hydrogen (secondary N) is 1. The number of halogens is 3. The van der Waals surface area contributed by atoms with Crippen LogP contribution < -0.4 is 16.1 Å². The van der Waals surface area contributed by atoms with E-state index in [-0.39, 0.29) is 30.3 Å². The van der Waals surface area contributed by atoms with Gasteiger partial charge in [0.05, 0.1) is 12.2 Å². The van der Waals surface area contributed by atoms with Gasteiger partial charge in [0.2, 0.25) is 17.8 Å². The molecule has 3 N–H and O–H groups in total. The molecular formula is C24H27F3N6O3. The number of alkyl halides is 3. The third kappa shape index (κ3) is 5.76. The number of anilines is 1. The predicted octanol–water partition coefficient (Wildman–Crippen LogP) is 3.15. The third-order valence-electron chi connectivity index (χ3n) is 6.57. The molecule has 0 aliphatic carbocycles. The van der Waals surface area contributed by atoms with Crippen molar-refractivity contribution in [3.05, 3.63) is 54.0 Å². The molecule has 3 aromatic rings. The quantitative estimate of drug-likeness (QED) is 0.360. The summed E-state index contributed by atoms with van der Waals surface area (Å²) in [4.78, 5) is 38.9. The second-order valence-electron chi connectivity index (χ2n) is 8.84. The minimum atomic E-state index is -4.47. The fourth-order valence-corrected chi connectivity index (χ4v) is 4.34. The van der Waals surface area contributed by atoms with Crippen LogP contribution in [-0.2, 0) is 22.4 Å². The number of hydrogen-bond acceptors (Lipinski definition) is 6. The van der Waals surface area contributed by atoms with Gasteiger partial charge in [-0.2, -0.15) is 13.2 Å². The summed E-state index contributed by atoms with van der Waals surface area (Å²) in [6, 6.07) is 7.14. The van der Waals surface area contributed by atoms with Crippen molar-refractivity contribution in [2.24, 2.45) is 17.6 Å². The fourth-order valence-electron chi connectivity index (χ4n) is 4.34. The number of benzene rings is 1. The fraction of sp³-hybridized carbons (Fsp3) is 0.417. The molecule has 0 radical (unpaired) electrons. The van der Waals surface area contributed by atoms with E-state index in [4.69, 9.17) is 10.6 Å². The summed E-state index contributed by atoms with van der Waals surface area (Å²) < 4.78 is 40.0. The molecule has 2 amide bonds. The van der Waals surface area contributed by atoms with Gasteiger partial charge in [-0.15, -0.1) is 0 Å². The van der Waals surface area contributed by atoms with Gasteiger partial charge < -0.3 is 15.2 Å². The number of hydrogen-bond donors (Lipinski definition) is 2. The molecule has 0 saturated carbocycles. The van der Waals surface area contributed by atoms with Gasteiger partial charge >= 0.3 is 6.18 Å². The highest BCUT2D eigenvalue weighted by atomic mass is 19.4. The maximum Gasteiger partial charge on any atom is 0.419 e. The van der Waals surface area contributed by atoms with Crippen LogP contribution in [0.15, 0.2) is 42.9 Å². The number of carbonyl (C=O) groups excluding carboxylic acids is 2. The first-order valence-electron chi connectivity index (χ1n) is 11.6. The maximum absolute atomic E-state index is 12.7. The first kappa shape index (κ1) is 25.4. The summed E-state index contributed by atoms with van der Waals surface area (Å²) >= 11 is 0. The Bertz CT molecular complexity index is 1220. The number of amides is 2. The topological polar surface area (TPSA) is 115 Å². The van der Waals surface area contributed by atoms with E-state index in [0.29, 0.717) is 38.0 Å². The lowest BCUT2D eigenvalue weighted by atomic mass is 9.85. The van der Waals surface area contributed by atoms with E-state index in [1.807, 2.05) is 34.7 Å². The SMILES string of the molecule is CC(C(=O)NOCCn1ccc2ccc(C(N)=O)cc21)C1CCN(c2ncc(C(F)(F)F)cn2)CC1. The van der Waals surface area contributed by atoms with Crippen molar-refractivity contribution in [2.75, 3.05) is 24.6 Å². The third-order valence-corrected chi connectivity index (χ3v) is 6.57. The number of primary amides is 1. The largest absolute Gasteiger partial charge is 0.419 e. The molecule has 2 aromatic heterocycles. The van der Waals surface area contributed by atoms with Crippen LogP contribution in [0.1, 0.15) is 35.7 Å². The number of piperidine rings is 1. The van der Waals surface area contributed by atoms with E-state index in [0.717, 1.165) is 23.3 Å². The molecule has 1 aliphatic rings. The number of fused-ring (bicyclic) bond motifs is 1. The maximum atomic E-state index is 12.7. The molecular weight excluding hydrogens is 477 g/mol. The number of aromatic nitrogens is 3. The van der Waals surface area contributed by atoms with Crippen LogP contribution in [0.4, 0.5) is 19.1 Å². The molecule has 4 rings (SSSR count). The van der Waals surface area contributed by atoms with Crippen LogP contribution in [0.3, 0.4) is 0 Å². The number of hydroxylamine groups is 1. The second-order valence-corrected chi connectivity index (χ2v) is 8.84. The number of nitrogens with zero attached hydrogens (tertiary/aromatic N) is 4. The summed E-state index contributed by atoms with van der Waals surface area (Å²) in [5.41, 5.74) is 8.25. The molecule has 12 heteroatoms. The smallest absolute Gasteiger partial charge is 0.366 e. The van der Waals surface area contributed by atoms with Gasteiger partial charge in [0.25, 0.3) is 0 Å². The van der Waals surface area contributed by atoms with Gasteiger partial charge in [0.1, 0.15) is 0 Å². The highest BCUT2D eigenvalue weighted by Crippen LogP contribution is 2.30. The van der Waals surface area contributed by atoms with Gasteiger partial charge in [0.15, 0.2) is 0 Å². The van der Waals surface area contributed by atoms with Crippen LogP contribution in [0.2, 0.25) is 0 Å². The monoisotopic (exact) mass is 504 g/mol. The molecule has 0 spiro atoms. The Hall–Kier alpha value is -3.67. The number of nitrogens with two attached hydrogens (primary N) is 1. The molecule has 3 heterocycles. The van der Waals surface area contributed by atoms with Gasteiger partial charge in [-0.1, -0.05) is 13.0 Å². The Balaban J connectivity index is 1.22. The van der Waals surface area contributed by atoms with Crippen LogP contribution in [0, 0.1) is 11.8 Å². The molecule has 1 aromatic carbocycles. The van der Waals surface area contributed by atoms with Crippen molar-refractivity contribution < 1.29 is 27.6 Å².